The lowest BCUT2D eigenvalue weighted by molar-refractivity contribution is 0.166. The molecule has 0 heterocycles. The first-order valence-corrected chi connectivity index (χ1v) is 15.0. The number of hydrogen-bond donors (Lipinski definition) is 1. The first kappa shape index (κ1) is 33.2. The van der Waals surface area contributed by atoms with Crippen LogP contribution in [0.2, 0.25) is 0 Å². The van der Waals surface area contributed by atoms with Crippen LogP contribution in [0.4, 0.5) is 17.6 Å². The second kappa shape index (κ2) is 17.0. The summed E-state index contributed by atoms with van der Waals surface area (Å²) >= 11 is 0. The Morgan fingerprint density at radius 2 is 1.81 bits per heavy atom. The van der Waals surface area contributed by atoms with Gasteiger partial charge in [0, 0.05) is 6.42 Å². The van der Waals surface area contributed by atoms with Crippen LogP contribution >= 0.6 is 0 Å². The number of aliphatic hydroxyl groups is 1. The van der Waals surface area contributed by atoms with Crippen molar-refractivity contribution in [2.45, 2.75) is 89.6 Å². The molecule has 1 N–H and O–H groups in total. The topological polar surface area (TPSA) is 29.5 Å². The van der Waals surface area contributed by atoms with Crippen molar-refractivity contribution in [3.8, 4) is 18.1 Å². The van der Waals surface area contributed by atoms with Crippen LogP contribution in [0.25, 0.3) is 0 Å². The molecule has 1 saturated carbocycles. The van der Waals surface area contributed by atoms with E-state index in [1.165, 1.54) is 12.1 Å². The predicted octanol–water partition coefficient (Wildman–Crippen LogP) is 10.2. The van der Waals surface area contributed by atoms with Gasteiger partial charge in [0.15, 0.2) is 17.4 Å². The number of allylic oxidation sites excluding steroid dienone is 5. The average molecular weight is 583 g/mol. The molecule has 6 heteroatoms. The van der Waals surface area contributed by atoms with Crippen LogP contribution in [0.3, 0.4) is 0 Å². The van der Waals surface area contributed by atoms with Crippen molar-refractivity contribution in [3.05, 3.63) is 101 Å². The van der Waals surface area contributed by atoms with Gasteiger partial charge < -0.3 is 9.84 Å². The minimum Gasteiger partial charge on any atom is -0.490 e. The van der Waals surface area contributed by atoms with E-state index in [0.29, 0.717) is 56.3 Å². The normalized spacial score (nSPS) is 18.6. The molecule has 2 aromatic carbocycles. The zero-order valence-electron chi connectivity index (χ0n) is 24.5. The summed E-state index contributed by atoms with van der Waals surface area (Å²) in [6, 6.07) is 9.99. The molecule has 226 valence electrons. The molecule has 0 radical (unpaired) electrons. The summed E-state index contributed by atoms with van der Waals surface area (Å²) < 4.78 is 64.9. The monoisotopic (exact) mass is 582 g/mol. The quantitative estimate of drug-likeness (QED) is 0.0744. The molecule has 0 spiro atoms. The van der Waals surface area contributed by atoms with E-state index < -0.39 is 29.4 Å². The number of unbranched alkanes of at least 4 members (excludes halogenated alkanes) is 1. The highest BCUT2D eigenvalue weighted by Gasteiger charge is 2.27. The molecule has 0 saturated heterocycles. The molecular formula is C36H42F4O2. The molecule has 0 aliphatic heterocycles. The molecule has 1 fully saturated rings. The van der Waals surface area contributed by atoms with Gasteiger partial charge in [-0.05, 0) is 104 Å². The number of halogens is 4. The molecule has 1 atom stereocenters. The second-order valence-corrected chi connectivity index (χ2v) is 11.1. The number of ether oxygens (including phenoxy) is 1. The maximum Gasteiger partial charge on any atom is 0.200 e. The first-order chi connectivity index (χ1) is 20.3. The number of terminal acetylenes is 1. The summed E-state index contributed by atoms with van der Waals surface area (Å²) in [6.07, 6.45) is 14.4. The Balaban J connectivity index is 1.55. The van der Waals surface area contributed by atoms with Crippen LogP contribution in [0.5, 0.6) is 5.75 Å². The first-order valence-electron chi connectivity index (χ1n) is 15.0. The van der Waals surface area contributed by atoms with Crippen LogP contribution < -0.4 is 4.74 Å². The van der Waals surface area contributed by atoms with Gasteiger partial charge in [-0.3, -0.25) is 0 Å². The predicted molar refractivity (Wildman–Crippen MR) is 161 cm³/mol. The van der Waals surface area contributed by atoms with E-state index in [4.69, 9.17) is 11.2 Å². The molecular weight excluding hydrogens is 540 g/mol. The van der Waals surface area contributed by atoms with Gasteiger partial charge >= 0.3 is 0 Å². The van der Waals surface area contributed by atoms with Crippen LogP contribution in [0.15, 0.2) is 72.4 Å². The Hall–Kier alpha value is -3.30. The lowest BCUT2D eigenvalue weighted by Gasteiger charge is -2.29. The lowest BCUT2D eigenvalue weighted by Crippen LogP contribution is -2.15. The molecule has 1 aliphatic carbocycles. The van der Waals surface area contributed by atoms with Gasteiger partial charge in [0.05, 0.1) is 12.7 Å². The maximum atomic E-state index is 15.1. The standard InChI is InChI=1S/C36H42F4O2/c1-4-7-8-23-42-33-22-21-30(35(39)36(33)40)27-16-11-25(12-17-27)13-20-29(9-5-2)34(38)31(37)24-26-14-18-28(19-15-26)32(41)10-6-3/h2,4,9,14-15,18-19,21-22,25,27,32,41H,1,6-8,10-13,16-17,20,23-24H2,3H3/b29-9-,34-31-. The zero-order chi connectivity index (χ0) is 30.5. The van der Waals surface area contributed by atoms with Crippen molar-refractivity contribution in [2.75, 3.05) is 6.61 Å². The zero-order valence-corrected chi connectivity index (χ0v) is 24.5. The van der Waals surface area contributed by atoms with E-state index in [9.17, 15) is 18.3 Å². The Labute approximate surface area is 248 Å². The molecule has 2 nitrogen and oxygen atoms in total. The number of benzene rings is 2. The van der Waals surface area contributed by atoms with E-state index in [1.54, 1.807) is 36.4 Å². The van der Waals surface area contributed by atoms with Crippen LogP contribution in [-0.2, 0) is 6.42 Å². The third-order valence-electron chi connectivity index (χ3n) is 8.06. The summed E-state index contributed by atoms with van der Waals surface area (Å²) in [5, 5.41) is 10.1. The van der Waals surface area contributed by atoms with Gasteiger partial charge in [-0.15, -0.1) is 13.0 Å². The SMILES string of the molecule is C#C/C=C(CCC1CCC(c2ccc(OCCCC=C)c(F)c2F)CC1)\C(F)=C(\F)Cc1ccc(C(O)CCC)cc1. The fourth-order valence-corrected chi connectivity index (χ4v) is 5.58. The molecule has 3 rings (SSSR count). The van der Waals surface area contributed by atoms with Gasteiger partial charge in [0.1, 0.15) is 5.83 Å². The fourth-order valence-electron chi connectivity index (χ4n) is 5.58. The molecule has 1 unspecified atom stereocenters. The van der Waals surface area contributed by atoms with Crippen LogP contribution in [0, 0.1) is 29.9 Å². The summed E-state index contributed by atoms with van der Waals surface area (Å²) in [5.41, 5.74) is 1.87. The average Bonchev–Trinajstić information content (AvgIpc) is 3.00. The number of hydrogen-bond acceptors (Lipinski definition) is 2. The minimum absolute atomic E-state index is 0.0769. The third kappa shape index (κ3) is 9.36. The maximum absolute atomic E-state index is 15.1. The highest BCUT2D eigenvalue weighted by atomic mass is 19.2. The van der Waals surface area contributed by atoms with Gasteiger partial charge in [-0.1, -0.05) is 55.7 Å². The highest BCUT2D eigenvalue weighted by molar-refractivity contribution is 5.36. The van der Waals surface area contributed by atoms with Crippen molar-refractivity contribution < 1.29 is 27.4 Å². The van der Waals surface area contributed by atoms with Crippen molar-refractivity contribution in [1.29, 1.82) is 0 Å². The van der Waals surface area contributed by atoms with Gasteiger partial charge in [0.25, 0.3) is 0 Å². The lowest BCUT2D eigenvalue weighted by atomic mass is 9.76. The smallest absolute Gasteiger partial charge is 0.200 e. The van der Waals surface area contributed by atoms with Gasteiger partial charge in [-0.2, -0.15) is 4.39 Å². The summed E-state index contributed by atoms with van der Waals surface area (Å²) in [6.45, 7) is 5.91. The minimum atomic E-state index is -0.952. The molecule has 0 aromatic heterocycles. The summed E-state index contributed by atoms with van der Waals surface area (Å²) in [7, 11) is 0. The fraction of sp³-hybridized carbons (Fsp3) is 0.444. The van der Waals surface area contributed by atoms with E-state index in [1.807, 2.05) is 6.92 Å². The summed E-state index contributed by atoms with van der Waals surface area (Å²) in [4.78, 5) is 0. The van der Waals surface area contributed by atoms with Crippen LogP contribution in [0.1, 0.15) is 99.8 Å². The van der Waals surface area contributed by atoms with E-state index >= 15 is 4.39 Å². The van der Waals surface area contributed by atoms with E-state index in [-0.39, 0.29) is 29.6 Å². The van der Waals surface area contributed by atoms with Crippen LogP contribution in [-0.4, -0.2) is 11.7 Å². The highest BCUT2D eigenvalue weighted by Crippen LogP contribution is 2.41. The largest absolute Gasteiger partial charge is 0.490 e. The van der Waals surface area contributed by atoms with E-state index in [2.05, 4.69) is 12.5 Å². The second-order valence-electron chi connectivity index (χ2n) is 11.1. The Bertz CT molecular complexity index is 1260. The van der Waals surface area contributed by atoms with Crippen molar-refractivity contribution in [3.63, 3.8) is 0 Å². The van der Waals surface area contributed by atoms with Gasteiger partial charge in [-0.25, -0.2) is 13.2 Å². The molecule has 42 heavy (non-hydrogen) atoms. The summed E-state index contributed by atoms with van der Waals surface area (Å²) in [5.74, 6) is -1.22. The van der Waals surface area contributed by atoms with Crippen molar-refractivity contribution in [2.24, 2.45) is 5.92 Å². The Kier molecular flexibility index (Phi) is 13.4. The van der Waals surface area contributed by atoms with Crippen molar-refractivity contribution in [1.82, 2.24) is 0 Å². The molecule has 0 bridgehead atoms. The van der Waals surface area contributed by atoms with E-state index in [0.717, 1.165) is 31.2 Å². The molecule has 2 aromatic rings. The molecule has 1 aliphatic rings. The van der Waals surface area contributed by atoms with Gasteiger partial charge in [0.2, 0.25) is 5.82 Å². The third-order valence-corrected chi connectivity index (χ3v) is 8.06. The Morgan fingerprint density at radius 3 is 2.45 bits per heavy atom. The van der Waals surface area contributed by atoms with Crippen molar-refractivity contribution >= 4 is 0 Å². The molecule has 0 amide bonds. The Morgan fingerprint density at radius 1 is 1.10 bits per heavy atom. The number of aliphatic hydroxyl groups excluding tert-OH is 1. The number of rotatable bonds is 15.